The second-order valence-electron chi connectivity index (χ2n) is 6.61. The summed E-state index contributed by atoms with van der Waals surface area (Å²) in [6, 6.07) is 10.5. The highest BCUT2D eigenvalue weighted by atomic mass is 19.4. The molecule has 0 aliphatic heterocycles. The Balaban J connectivity index is 1.84. The van der Waals surface area contributed by atoms with Gasteiger partial charge in [-0.15, -0.1) is 6.58 Å². The number of nitrogens with zero attached hydrogens (tertiary/aromatic N) is 3. The summed E-state index contributed by atoms with van der Waals surface area (Å²) in [7, 11) is 0. The van der Waals surface area contributed by atoms with Gasteiger partial charge in [-0.2, -0.15) is 13.2 Å². The fourth-order valence-electron chi connectivity index (χ4n) is 3.07. The lowest BCUT2D eigenvalue weighted by Crippen LogP contribution is -2.32. The molecule has 0 N–H and O–H groups in total. The number of carbonyl (C=O) groups is 1. The molecule has 0 radical (unpaired) electrons. The van der Waals surface area contributed by atoms with Gasteiger partial charge < -0.3 is 9.47 Å². The maximum Gasteiger partial charge on any atom is 0.416 e. The van der Waals surface area contributed by atoms with Crippen molar-refractivity contribution in [2.45, 2.75) is 19.3 Å². The molecule has 0 unspecified atom stereocenters. The van der Waals surface area contributed by atoms with Crippen LogP contribution in [0.2, 0.25) is 0 Å². The predicted molar refractivity (Wildman–Crippen MR) is 104 cm³/mol. The average Bonchev–Trinajstić information content (AvgIpc) is 3.14. The summed E-state index contributed by atoms with van der Waals surface area (Å²) in [6.45, 7) is 3.85. The smallest absolute Gasteiger partial charge is 0.329 e. The van der Waals surface area contributed by atoms with Crippen molar-refractivity contribution in [3.05, 3.63) is 102 Å². The Morgan fingerprint density at radius 3 is 2.50 bits per heavy atom. The van der Waals surface area contributed by atoms with Crippen LogP contribution in [-0.4, -0.2) is 26.9 Å². The molecule has 0 aliphatic carbocycles. The fraction of sp³-hybridized carbons (Fsp3) is 0.182. The minimum atomic E-state index is -4.47. The van der Waals surface area contributed by atoms with Crippen LogP contribution in [0.4, 0.5) is 17.6 Å². The summed E-state index contributed by atoms with van der Waals surface area (Å²) in [5.74, 6) is -0.398. The number of imidazole rings is 1. The van der Waals surface area contributed by atoms with E-state index in [0.717, 1.165) is 6.07 Å². The number of amides is 1. The molecular formula is C22H19F4N3O. The van der Waals surface area contributed by atoms with Crippen LogP contribution < -0.4 is 0 Å². The SMILES string of the molecule is C=CCN(Cc1nccn1Cc1ccccc1C(F)(F)F)C(=O)c1ccc(F)cc1. The molecule has 3 rings (SSSR count). The number of alkyl halides is 3. The molecule has 30 heavy (non-hydrogen) atoms. The number of benzene rings is 2. The van der Waals surface area contributed by atoms with Crippen LogP contribution in [0.15, 0.2) is 73.6 Å². The largest absolute Gasteiger partial charge is 0.416 e. The van der Waals surface area contributed by atoms with Crippen LogP contribution in [0.25, 0.3) is 0 Å². The van der Waals surface area contributed by atoms with Gasteiger partial charge in [0.25, 0.3) is 5.91 Å². The molecule has 0 saturated heterocycles. The number of halogens is 4. The van der Waals surface area contributed by atoms with Gasteiger partial charge >= 0.3 is 6.18 Å². The van der Waals surface area contributed by atoms with Crippen LogP contribution in [0.5, 0.6) is 0 Å². The van der Waals surface area contributed by atoms with Gasteiger partial charge in [0.1, 0.15) is 11.6 Å². The molecule has 0 fully saturated rings. The van der Waals surface area contributed by atoms with Gasteiger partial charge in [0.05, 0.1) is 12.1 Å². The van der Waals surface area contributed by atoms with E-state index in [1.54, 1.807) is 16.8 Å². The van der Waals surface area contributed by atoms with Gasteiger partial charge in [-0.25, -0.2) is 9.37 Å². The highest BCUT2D eigenvalue weighted by Crippen LogP contribution is 2.32. The van der Waals surface area contributed by atoms with E-state index in [1.807, 2.05) is 0 Å². The molecule has 0 bridgehead atoms. The van der Waals surface area contributed by atoms with E-state index in [2.05, 4.69) is 11.6 Å². The zero-order valence-electron chi connectivity index (χ0n) is 15.9. The molecule has 0 spiro atoms. The number of rotatable bonds is 7. The summed E-state index contributed by atoms with van der Waals surface area (Å²) >= 11 is 0. The first-order valence-electron chi connectivity index (χ1n) is 9.10. The first kappa shape index (κ1) is 21.3. The topological polar surface area (TPSA) is 38.1 Å². The molecule has 2 aromatic carbocycles. The Labute approximate surface area is 171 Å². The first-order valence-corrected chi connectivity index (χ1v) is 9.10. The molecule has 0 aliphatic rings. The molecule has 1 aromatic heterocycles. The Hall–Kier alpha value is -3.42. The third kappa shape index (κ3) is 4.94. The molecular weight excluding hydrogens is 398 g/mol. The molecule has 3 aromatic rings. The Bertz CT molecular complexity index is 1030. The number of carbonyl (C=O) groups excluding carboxylic acids is 1. The van der Waals surface area contributed by atoms with Crippen LogP contribution in [0.3, 0.4) is 0 Å². The van der Waals surface area contributed by atoms with Crippen molar-refractivity contribution in [1.29, 1.82) is 0 Å². The van der Waals surface area contributed by atoms with Crippen LogP contribution in [0, 0.1) is 5.82 Å². The molecule has 4 nitrogen and oxygen atoms in total. The monoisotopic (exact) mass is 417 g/mol. The van der Waals surface area contributed by atoms with Crippen molar-refractivity contribution in [2.24, 2.45) is 0 Å². The summed E-state index contributed by atoms with van der Waals surface area (Å²) in [6.07, 6.45) is 0.107. The maximum absolute atomic E-state index is 13.3. The number of hydrogen-bond donors (Lipinski definition) is 0. The Morgan fingerprint density at radius 1 is 1.13 bits per heavy atom. The standard InChI is InChI=1S/C22H19F4N3O/c1-2-12-29(21(30)16-7-9-18(23)10-8-16)15-20-27-11-13-28(20)14-17-5-3-4-6-19(17)22(24,25)26/h2-11,13H,1,12,14-15H2. The van der Waals surface area contributed by atoms with Gasteiger partial charge in [0, 0.05) is 31.0 Å². The maximum atomic E-state index is 13.3. The molecule has 156 valence electrons. The average molecular weight is 417 g/mol. The molecule has 0 atom stereocenters. The Morgan fingerprint density at radius 2 is 1.83 bits per heavy atom. The summed E-state index contributed by atoms with van der Waals surface area (Å²) < 4.78 is 54.6. The molecule has 0 saturated carbocycles. The number of hydrogen-bond acceptors (Lipinski definition) is 2. The zero-order valence-corrected chi connectivity index (χ0v) is 15.9. The quantitative estimate of drug-likeness (QED) is 0.404. The van der Waals surface area contributed by atoms with Gasteiger partial charge in [-0.05, 0) is 35.9 Å². The van der Waals surface area contributed by atoms with Gasteiger partial charge in [0.2, 0.25) is 0 Å². The molecule has 1 amide bonds. The third-order valence-electron chi connectivity index (χ3n) is 4.53. The van der Waals surface area contributed by atoms with Crippen LogP contribution >= 0.6 is 0 Å². The second kappa shape index (κ2) is 8.94. The van der Waals surface area contributed by atoms with E-state index in [0.29, 0.717) is 11.4 Å². The Kier molecular flexibility index (Phi) is 6.34. The summed E-state index contributed by atoms with van der Waals surface area (Å²) in [5, 5.41) is 0. The lowest BCUT2D eigenvalue weighted by molar-refractivity contribution is -0.138. The van der Waals surface area contributed by atoms with Crippen molar-refractivity contribution in [3.63, 3.8) is 0 Å². The van der Waals surface area contributed by atoms with Crippen molar-refractivity contribution in [2.75, 3.05) is 6.54 Å². The minimum absolute atomic E-state index is 0.0440. The zero-order chi connectivity index (χ0) is 21.7. The lowest BCUT2D eigenvalue weighted by Gasteiger charge is -2.22. The van der Waals surface area contributed by atoms with Crippen molar-refractivity contribution in [3.8, 4) is 0 Å². The highest BCUT2D eigenvalue weighted by molar-refractivity contribution is 5.94. The van der Waals surface area contributed by atoms with E-state index in [-0.39, 0.29) is 31.1 Å². The van der Waals surface area contributed by atoms with Gasteiger partial charge in [-0.1, -0.05) is 24.3 Å². The predicted octanol–water partition coefficient (Wildman–Crippen LogP) is 4.92. The van der Waals surface area contributed by atoms with Gasteiger partial charge in [-0.3, -0.25) is 4.79 Å². The van der Waals surface area contributed by atoms with Crippen LogP contribution in [-0.2, 0) is 19.3 Å². The highest BCUT2D eigenvalue weighted by Gasteiger charge is 2.33. The lowest BCUT2D eigenvalue weighted by atomic mass is 10.1. The van der Waals surface area contributed by atoms with E-state index in [9.17, 15) is 22.4 Å². The van der Waals surface area contributed by atoms with Crippen molar-refractivity contribution in [1.82, 2.24) is 14.5 Å². The normalized spacial score (nSPS) is 11.3. The van der Waals surface area contributed by atoms with E-state index in [4.69, 9.17) is 0 Å². The number of aromatic nitrogens is 2. The second-order valence-corrected chi connectivity index (χ2v) is 6.61. The first-order chi connectivity index (χ1) is 14.3. The summed E-state index contributed by atoms with van der Waals surface area (Å²) in [5.41, 5.74) is -0.321. The minimum Gasteiger partial charge on any atom is -0.329 e. The fourth-order valence-corrected chi connectivity index (χ4v) is 3.07. The van der Waals surface area contributed by atoms with Crippen molar-refractivity contribution >= 4 is 5.91 Å². The van der Waals surface area contributed by atoms with E-state index >= 15 is 0 Å². The summed E-state index contributed by atoms with van der Waals surface area (Å²) in [4.78, 5) is 18.4. The van der Waals surface area contributed by atoms with Crippen LogP contribution in [0.1, 0.15) is 27.3 Å². The van der Waals surface area contributed by atoms with E-state index in [1.165, 1.54) is 53.6 Å². The molecule has 8 heteroatoms. The van der Waals surface area contributed by atoms with E-state index < -0.39 is 17.6 Å². The molecule has 1 heterocycles. The van der Waals surface area contributed by atoms with Crippen molar-refractivity contribution < 1.29 is 22.4 Å². The van der Waals surface area contributed by atoms with Gasteiger partial charge in [0.15, 0.2) is 0 Å². The third-order valence-corrected chi connectivity index (χ3v) is 4.53.